The molecule has 0 aliphatic carbocycles. The number of fused-ring (bicyclic) bond motifs is 12. The first kappa shape index (κ1) is 74.9. The predicted octanol–water partition coefficient (Wildman–Crippen LogP) is 21.4. The van der Waals surface area contributed by atoms with Gasteiger partial charge in [-0.25, -0.2) is 46.1 Å². The molecule has 9 aromatic heterocycles. The molecule has 0 saturated heterocycles. The lowest BCUT2D eigenvalue weighted by molar-refractivity contribution is -0.659. The van der Waals surface area contributed by atoms with E-state index in [0.717, 1.165) is 67.3 Å². The summed E-state index contributed by atoms with van der Waals surface area (Å²) < 4.78 is 40.9. The first-order valence-electron chi connectivity index (χ1n) is 39.3. The van der Waals surface area contributed by atoms with Crippen LogP contribution < -0.4 is 22.8 Å². The lowest BCUT2D eigenvalue weighted by Crippen LogP contribution is -2.30. The number of hydrogen-bond donors (Lipinski definition) is 0. The van der Waals surface area contributed by atoms with Crippen molar-refractivity contribution in [2.24, 2.45) is 63.4 Å². The number of aromatic nitrogens is 11. The van der Waals surface area contributed by atoms with Gasteiger partial charge >= 0.3 is 0 Å². The molecule has 0 atom stereocenters. The third-order valence-electron chi connectivity index (χ3n) is 23.0. The third kappa shape index (κ3) is 13.0. The molecule has 0 fully saturated rings. The molecule has 0 N–H and O–H groups in total. The van der Waals surface area contributed by atoms with Gasteiger partial charge in [0.05, 0.1) is 74.6 Å². The normalized spacial score (nSPS) is 11.6. The Kier molecular flexibility index (Phi) is 20.0. The highest BCUT2D eigenvalue weighted by atomic mass is 16.3. The largest absolute Gasteiger partial charge is 0.455 e. The van der Waals surface area contributed by atoms with Gasteiger partial charge in [0.2, 0.25) is 5.71 Å². The van der Waals surface area contributed by atoms with E-state index >= 15 is 0 Å². The Hall–Kier alpha value is -13.2. The van der Waals surface area contributed by atoms with Crippen molar-refractivity contribution >= 4 is 99.0 Å². The SMILES string of the molecule is Cc1ccc2c(oc3ccccc32)c1-c1n(C)c2ccccc2[n+]1C.Cc1ccc2c(oc3ccccc32)c1-c1n(C)cc[n+]1C.Cc1ccc2c(oc3ncccc32)c1-c1n(C)cc[n+]1C.Cc1ccccc1-c1n(-c2c(C(C)C)cccc2C(C)C)c2ccccc2[n+]1C.Cc1ccccc1-c1n(C)c2ccccc2[n+]1C. The third-order valence-corrected chi connectivity index (χ3v) is 23.0. The van der Waals surface area contributed by atoms with E-state index in [1.807, 2.05) is 30.3 Å². The van der Waals surface area contributed by atoms with Crippen LogP contribution in [-0.2, 0) is 63.4 Å². The smallest absolute Gasteiger partial charge is 0.295 e. The number of benzene rings is 11. The fourth-order valence-corrected chi connectivity index (χ4v) is 17.2. The molecule has 0 aliphatic heterocycles. The van der Waals surface area contributed by atoms with Crippen molar-refractivity contribution in [3.63, 3.8) is 0 Å². The van der Waals surface area contributed by atoms with Crippen LogP contribution in [0.25, 0.3) is 162 Å². The fourth-order valence-electron chi connectivity index (χ4n) is 17.2. The van der Waals surface area contributed by atoms with Crippen LogP contribution in [0.1, 0.15) is 78.5 Å². The summed E-state index contributed by atoms with van der Waals surface area (Å²) in [6.07, 6.45) is 10.00. The Morgan fingerprint density at radius 3 is 1.17 bits per heavy atom. The Balaban J connectivity index is 0.000000108. The average Bonchev–Trinajstić information content (AvgIpc) is 1.59. The highest BCUT2D eigenvalue weighted by molar-refractivity contribution is 6.11. The summed E-state index contributed by atoms with van der Waals surface area (Å²) in [6, 6.07) is 83.2. The van der Waals surface area contributed by atoms with Gasteiger partial charge in [0, 0.05) is 49.6 Å². The van der Waals surface area contributed by atoms with Crippen LogP contribution in [0.4, 0.5) is 0 Å². The number of nitrogens with zero attached hydrogens (tertiary/aromatic N) is 11. The predicted molar refractivity (Wildman–Crippen MR) is 464 cm³/mol. The molecule has 0 saturated carbocycles. The molecule has 0 amide bonds. The van der Waals surface area contributed by atoms with Gasteiger partial charge in [0.15, 0.2) is 49.8 Å². The van der Waals surface area contributed by atoms with Crippen molar-refractivity contribution in [2.45, 2.75) is 74.1 Å². The lowest BCUT2D eigenvalue weighted by atomic mass is 9.92. The van der Waals surface area contributed by atoms with E-state index in [0.29, 0.717) is 17.5 Å². The van der Waals surface area contributed by atoms with Crippen LogP contribution in [0.15, 0.2) is 281 Å². The summed E-state index contributed by atoms with van der Waals surface area (Å²) in [7, 11) is 18.9. The minimum Gasteiger partial charge on any atom is -0.455 e. The molecule has 14 nitrogen and oxygen atoms in total. The summed E-state index contributed by atoms with van der Waals surface area (Å²) >= 11 is 0. The monoisotopic (exact) mass is 1500 g/mol. The molecule has 0 unspecified atom stereocenters. The summed E-state index contributed by atoms with van der Waals surface area (Å²) in [5, 5.41) is 6.85. The van der Waals surface area contributed by atoms with E-state index in [1.165, 1.54) is 128 Å². The Bertz CT molecular complexity index is 6770. The first-order valence-corrected chi connectivity index (χ1v) is 39.3. The lowest BCUT2D eigenvalue weighted by Gasteiger charge is -2.18. The molecule has 0 spiro atoms. The second-order valence-corrected chi connectivity index (χ2v) is 31.0. The van der Waals surface area contributed by atoms with Gasteiger partial charge in [-0.3, -0.25) is 0 Å². The number of aryl methyl sites for hydroxylation is 14. The summed E-state index contributed by atoms with van der Waals surface area (Å²) in [5.74, 6) is 6.80. The maximum absolute atomic E-state index is 6.30. The van der Waals surface area contributed by atoms with E-state index < -0.39 is 0 Å². The zero-order valence-electron chi connectivity index (χ0n) is 68.7. The van der Waals surface area contributed by atoms with Gasteiger partial charge < -0.3 is 13.3 Å². The molecule has 14 heteroatoms. The quantitative estimate of drug-likeness (QED) is 0.142. The number of imidazole rings is 5. The second kappa shape index (κ2) is 30.5. The number of furan rings is 3. The van der Waals surface area contributed by atoms with Crippen molar-refractivity contribution in [3.05, 3.63) is 307 Å². The molecule has 9 heterocycles. The molecule has 20 rings (SSSR count). The van der Waals surface area contributed by atoms with E-state index in [-0.39, 0.29) is 0 Å². The Labute approximate surface area is 665 Å². The fraction of sp³-hybridized carbons (Fsp3) is 0.200. The summed E-state index contributed by atoms with van der Waals surface area (Å²) in [5.41, 5.74) is 29.2. The summed E-state index contributed by atoms with van der Waals surface area (Å²) in [6.45, 7) is 19.9. The first-order chi connectivity index (χ1) is 55.1. The van der Waals surface area contributed by atoms with E-state index in [4.69, 9.17) is 13.3 Å². The summed E-state index contributed by atoms with van der Waals surface area (Å²) in [4.78, 5) is 4.34. The van der Waals surface area contributed by atoms with Gasteiger partial charge in [-0.15, -0.1) is 0 Å². The van der Waals surface area contributed by atoms with Crippen molar-refractivity contribution in [1.82, 2.24) is 27.8 Å². The average molecular weight is 1500 g/mol. The molecule has 114 heavy (non-hydrogen) atoms. The van der Waals surface area contributed by atoms with Crippen LogP contribution in [0.2, 0.25) is 0 Å². The number of para-hydroxylation sites is 9. The molecule has 0 radical (unpaired) electrons. The minimum absolute atomic E-state index is 0.444. The van der Waals surface area contributed by atoms with Crippen LogP contribution >= 0.6 is 0 Å². The Morgan fingerprint density at radius 2 is 0.702 bits per heavy atom. The van der Waals surface area contributed by atoms with E-state index in [2.05, 4.69) is 407 Å². The maximum Gasteiger partial charge on any atom is 0.295 e. The molecule has 11 aromatic carbocycles. The van der Waals surface area contributed by atoms with Crippen molar-refractivity contribution in [1.29, 1.82) is 0 Å². The zero-order valence-corrected chi connectivity index (χ0v) is 68.7. The molecular weight excluding hydrogens is 1400 g/mol. The standard InChI is InChI=1S/C27H31N2.C22H19N2O.C18H17N2O.C17H16N3O.C16H17N2/c1-18(2)21-14-11-15-22(19(3)4)26(21)29-25-17-10-9-16-24(25)28(6)27(29)23-13-8-7-12-20(23)5;1-14-12-13-16-15-8-4-7-11-19(15)25-21(16)20(14)22-23(2)17-9-5-6-10-18(17)24(22)3;1-12-8-9-14-13-6-4-5-7-15(13)21-17(14)16(12)18-19(2)10-11-20(18)3;1-11-6-7-12-13-5-4-8-18-16(13)21-15(12)14(11)17-19(2)9-10-20(17)3;1-12-8-4-5-9-13(12)16-17(2)14-10-6-7-11-15(14)18(16)3/h7-19H,1-6H3;4-13H,1-3H3;4-11H,1-3H3;4-10H,1-3H3;4-11H,1-3H3/q5*+1. The maximum atomic E-state index is 6.30. The molecule has 0 aliphatic rings. The second-order valence-electron chi connectivity index (χ2n) is 31.0. The van der Waals surface area contributed by atoms with Crippen LogP contribution in [-0.4, -0.2) is 27.8 Å². The number of pyridine rings is 1. The van der Waals surface area contributed by atoms with Gasteiger partial charge in [-0.1, -0.05) is 191 Å². The van der Waals surface area contributed by atoms with E-state index in [9.17, 15) is 0 Å². The molecular formula is C100H100N11O3+5. The van der Waals surface area contributed by atoms with E-state index in [1.54, 1.807) is 6.20 Å². The van der Waals surface area contributed by atoms with Gasteiger partial charge in [-0.05, 0) is 147 Å². The van der Waals surface area contributed by atoms with Gasteiger partial charge in [-0.2, -0.15) is 4.57 Å². The number of hydrogen-bond acceptors (Lipinski definition) is 4. The molecule has 0 bridgehead atoms. The van der Waals surface area contributed by atoms with Crippen LogP contribution in [0, 0.1) is 34.6 Å². The van der Waals surface area contributed by atoms with Gasteiger partial charge in [0.1, 0.15) is 58.3 Å². The number of rotatable bonds is 8. The highest BCUT2D eigenvalue weighted by Crippen LogP contribution is 2.42. The topological polar surface area (TPSA) is 96.4 Å². The van der Waals surface area contributed by atoms with Gasteiger partial charge in [0.25, 0.3) is 29.1 Å². The van der Waals surface area contributed by atoms with Crippen molar-refractivity contribution < 1.29 is 36.1 Å². The van der Waals surface area contributed by atoms with Crippen LogP contribution in [0.3, 0.4) is 0 Å². The van der Waals surface area contributed by atoms with Crippen molar-refractivity contribution in [2.75, 3.05) is 0 Å². The van der Waals surface area contributed by atoms with Crippen LogP contribution in [0.5, 0.6) is 0 Å². The molecule has 20 aromatic rings. The highest BCUT2D eigenvalue weighted by Gasteiger charge is 2.33. The Morgan fingerprint density at radius 1 is 0.325 bits per heavy atom. The molecule has 568 valence electrons. The minimum atomic E-state index is 0.444. The zero-order chi connectivity index (χ0) is 79.7. The van der Waals surface area contributed by atoms with Crippen molar-refractivity contribution in [3.8, 4) is 62.6 Å².